The minimum atomic E-state index is -0.445. The molecular formula is C13H22N2O3. The molecule has 102 valence electrons. The zero-order valence-corrected chi connectivity index (χ0v) is 11.0. The fraction of sp³-hybridized carbons (Fsp3) is 0.846. The zero-order valence-electron chi connectivity index (χ0n) is 11.0. The number of hydrogen-bond acceptors (Lipinski definition) is 3. The molecule has 2 atom stereocenters. The van der Waals surface area contributed by atoms with Crippen LogP contribution in [0.4, 0.5) is 0 Å². The minimum Gasteiger partial charge on any atom is -0.368 e. The summed E-state index contributed by atoms with van der Waals surface area (Å²) >= 11 is 0. The molecule has 2 rings (SSSR count). The Morgan fingerprint density at radius 2 is 1.94 bits per heavy atom. The van der Waals surface area contributed by atoms with Crippen LogP contribution in [-0.4, -0.2) is 48.6 Å². The summed E-state index contributed by atoms with van der Waals surface area (Å²) in [4.78, 5) is 25.8. The number of nitrogens with one attached hydrogen (secondary N) is 1. The summed E-state index contributed by atoms with van der Waals surface area (Å²) in [6.07, 6.45) is 4.65. The molecule has 0 radical (unpaired) electrons. The molecule has 2 saturated heterocycles. The van der Waals surface area contributed by atoms with Crippen molar-refractivity contribution in [1.82, 2.24) is 10.2 Å². The maximum atomic E-state index is 12.1. The maximum Gasteiger partial charge on any atom is 0.249 e. The van der Waals surface area contributed by atoms with Gasteiger partial charge >= 0.3 is 0 Å². The summed E-state index contributed by atoms with van der Waals surface area (Å²) in [5.74, 6) is -0.119. The SMILES string of the molecule is C[C@@H](NC(=O)C1CCCO1)C(=O)N1CCCCC1. The van der Waals surface area contributed by atoms with Crippen LogP contribution >= 0.6 is 0 Å². The van der Waals surface area contributed by atoms with Gasteiger partial charge in [0.1, 0.15) is 12.1 Å². The molecule has 2 fully saturated rings. The first-order valence-corrected chi connectivity index (χ1v) is 6.89. The van der Waals surface area contributed by atoms with Crippen LogP contribution in [0.1, 0.15) is 39.0 Å². The summed E-state index contributed by atoms with van der Waals surface area (Å²) in [6, 6.07) is -0.445. The van der Waals surface area contributed by atoms with E-state index in [9.17, 15) is 9.59 Å². The lowest BCUT2D eigenvalue weighted by Crippen LogP contribution is -2.50. The average molecular weight is 254 g/mol. The lowest BCUT2D eigenvalue weighted by Gasteiger charge is -2.29. The quantitative estimate of drug-likeness (QED) is 0.806. The number of carbonyl (C=O) groups is 2. The standard InChI is InChI=1S/C13H22N2O3/c1-10(13(17)15-7-3-2-4-8-15)14-12(16)11-6-5-9-18-11/h10-11H,2-9H2,1H3,(H,14,16)/t10-,11?/m1/s1. The summed E-state index contributed by atoms with van der Waals surface area (Å²) < 4.78 is 5.30. The molecule has 18 heavy (non-hydrogen) atoms. The van der Waals surface area contributed by atoms with Gasteiger partial charge in [0.15, 0.2) is 0 Å². The van der Waals surface area contributed by atoms with Gasteiger partial charge in [-0.2, -0.15) is 0 Å². The molecule has 1 unspecified atom stereocenters. The van der Waals surface area contributed by atoms with Crippen LogP contribution in [0.5, 0.6) is 0 Å². The van der Waals surface area contributed by atoms with Crippen LogP contribution in [-0.2, 0) is 14.3 Å². The van der Waals surface area contributed by atoms with Crippen molar-refractivity contribution in [3.05, 3.63) is 0 Å². The second-order valence-electron chi connectivity index (χ2n) is 5.12. The third kappa shape index (κ3) is 3.22. The Hall–Kier alpha value is -1.10. The molecular weight excluding hydrogens is 232 g/mol. The monoisotopic (exact) mass is 254 g/mol. The molecule has 5 heteroatoms. The number of amides is 2. The van der Waals surface area contributed by atoms with Gasteiger partial charge in [-0.15, -0.1) is 0 Å². The van der Waals surface area contributed by atoms with E-state index < -0.39 is 6.04 Å². The Balaban J connectivity index is 1.80. The Morgan fingerprint density at radius 1 is 1.22 bits per heavy atom. The Labute approximate surface area is 108 Å². The van der Waals surface area contributed by atoms with Gasteiger partial charge in [-0.3, -0.25) is 9.59 Å². The van der Waals surface area contributed by atoms with Crippen molar-refractivity contribution in [3.8, 4) is 0 Å². The van der Waals surface area contributed by atoms with Gasteiger partial charge in [-0.05, 0) is 39.0 Å². The van der Waals surface area contributed by atoms with Crippen molar-refractivity contribution in [2.24, 2.45) is 0 Å². The number of piperidine rings is 1. The van der Waals surface area contributed by atoms with E-state index in [1.54, 1.807) is 6.92 Å². The van der Waals surface area contributed by atoms with Crippen LogP contribution in [0.3, 0.4) is 0 Å². The Morgan fingerprint density at radius 3 is 2.56 bits per heavy atom. The maximum absolute atomic E-state index is 12.1. The second kappa shape index (κ2) is 6.18. The van der Waals surface area contributed by atoms with E-state index in [4.69, 9.17) is 4.74 Å². The lowest BCUT2D eigenvalue weighted by molar-refractivity contribution is -0.139. The van der Waals surface area contributed by atoms with E-state index in [0.29, 0.717) is 6.61 Å². The van der Waals surface area contributed by atoms with E-state index in [-0.39, 0.29) is 17.9 Å². The first-order chi connectivity index (χ1) is 8.68. The van der Waals surface area contributed by atoms with Crippen LogP contribution < -0.4 is 5.32 Å². The van der Waals surface area contributed by atoms with Crippen LogP contribution in [0.25, 0.3) is 0 Å². The highest BCUT2D eigenvalue weighted by atomic mass is 16.5. The number of rotatable bonds is 3. The molecule has 0 aliphatic carbocycles. The summed E-state index contributed by atoms with van der Waals surface area (Å²) in [7, 11) is 0. The van der Waals surface area contributed by atoms with Crippen molar-refractivity contribution in [3.63, 3.8) is 0 Å². The highest BCUT2D eigenvalue weighted by molar-refractivity contribution is 5.89. The first-order valence-electron chi connectivity index (χ1n) is 6.89. The largest absolute Gasteiger partial charge is 0.368 e. The molecule has 2 heterocycles. The third-order valence-corrected chi connectivity index (χ3v) is 3.62. The van der Waals surface area contributed by atoms with Gasteiger partial charge in [0.05, 0.1) is 0 Å². The van der Waals surface area contributed by atoms with Gasteiger partial charge in [0, 0.05) is 19.7 Å². The van der Waals surface area contributed by atoms with Crippen LogP contribution in [0.15, 0.2) is 0 Å². The molecule has 0 spiro atoms. The van der Waals surface area contributed by atoms with E-state index in [2.05, 4.69) is 5.32 Å². The van der Waals surface area contributed by atoms with Gasteiger partial charge in [0.2, 0.25) is 11.8 Å². The highest BCUT2D eigenvalue weighted by Gasteiger charge is 2.28. The van der Waals surface area contributed by atoms with Gasteiger partial charge in [0.25, 0.3) is 0 Å². The normalized spacial score (nSPS) is 25.8. The van der Waals surface area contributed by atoms with Crippen LogP contribution in [0.2, 0.25) is 0 Å². The average Bonchev–Trinajstić information content (AvgIpc) is 2.92. The Bertz CT molecular complexity index is 307. The van der Waals surface area contributed by atoms with Crippen molar-refractivity contribution in [2.75, 3.05) is 19.7 Å². The van der Waals surface area contributed by atoms with E-state index in [1.165, 1.54) is 6.42 Å². The fourth-order valence-corrected chi connectivity index (χ4v) is 2.54. The molecule has 0 aromatic carbocycles. The predicted molar refractivity (Wildman–Crippen MR) is 67.0 cm³/mol. The molecule has 0 aromatic heterocycles. The summed E-state index contributed by atoms with van der Waals surface area (Å²) in [6.45, 7) is 4.04. The second-order valence-corrected chi connectivity index (χ2v) is 5.12. The molecule has 2 aliphatic rings. The van der Waals surface area contributed by atoms with Gasteiger partial charge in [-0.25, -0.2) is 0 Å². The lowest BCUT2D eigenvalue weighted by atomic mass is 10.1. The molecule has 1 N–H and O–H groups in total. The van der Waals surface area contributed by atoms with E-state index in [1.807, 2.05) is 4.90 Å². The van der Waals surface area contributed by atoms with Crippen molar-refractivity contribution < 1.29 is 14.3 Å². The molecule has 0 saturated carbocycles. The predicted octanol–water partition coefficient (Wildman–Crippen LogP) is 0.683. The third-order valence-electron chi connectivity index (χ3n) is 3.62. The Kier molecular flexibility index (Phi) is 4.58. The van der Waals surface area contributed by atoms with Crippen molar-refractivity contribution in [1.29, 1.82) is 0 Å². The van der Waals surface area contributed by atoms with Gasteiger partial charge in [-0.1, -0.05) is 0 Å². The molecule has 2 amide bonds. The molecule has 5 nitrogen and oxygen atoms in total. The van der Waals surface area contributed by atoms with E-state index >= 15 is 0 Å². The van der Waals surface area contributed by atoms with Crippen molar-refractivity contribution in [2.45, 2.75) is 51.2 Å². The number of likely N-dealkylation sites (tertiary alicyclic amines) is 1. The summed E-state index contributed by atoms with van der Waals surface area (Å²) in [5.41, 5.74) is 0. The van der Waals surface area contributed by atoms with Crippen LogP contribution in [0, 0.1) is 0 Å². The number of nitrogens with zero attached hydrogens (tertiary/aromatic N) is 1. The van der Waals surface area contributed by atoms with Crippen molar-refractivity contribution >= 4 is 11.8 Å². The number of hydrogen-bond donors (Lipinski definition) is 1. The molecule has 0 aromatic rings. The number of ether oxygens (including phenoxy) is 1. The van der Waals surface area contributed by atoms with Gasteiger partial charge < -0.3 is 15.0 Å². The topological polar surface area (TPSA) is 58.6 Å². The highest BCUT2D eigenvalue weighted by Crippen LogP contribution is 2.13. The summed E-state index contributed by atoms with van der Waals surface area (Å²) in [5, 5.41) is 2.76. The molecule has 2 aliphatic heterocycles. The molecule has 0 bridgehead atoms. The zero-order chi connectivity index (χ0) is 13.0. The number of carbonyl (C=O) groups excluding carboxylic acids is 2. The fourth-order valence-electron chi connectivity index (χ4n) is 2.54. The smallest absolute Gasteiger partial charge is 0.249 e. The first kappa shape index (κ1) is 13.3. The minimum absolute atomic E-state index is 0.0287. The van der Waals surface area contributed by atoms with E-state index in [0.717, 1.165) is 38.8 Å².